The van der Waals surface area contributed by atoms with Gasteiger partial charge in [0.15, 0.2) is 0 Å². The lowest BCUT2D eigenvalue weighted by Crippen LogP contribution is -2.04. The molecule has 80 valence electrons. The van der Waals surface area contributed by atoms with Crippen LogP contribution in [0.1, 0.15) is 16.8 Å². The number of fused-ring (bicyclic) bond motifs is 1. The Kier molecular flexibility index (Phi) is 2.53. The Morgan fingerprint density at radius 3 is 2.67 bits per heavy atom. The van der Waals surface area contributed by atoms with Crippen molar-refractivity contribution >= 4 is 10.9 Å². The molecule has 0 aliphatic heterocycles. The second-order valence-corrected chi connectivity index (χ2v) is 4.12. The normalized spacial score (nSPS) is 11.2. The lowest BCUT2D eigenvalue weighted by Gasteiger charge is -2.05. The average Bonchev–Trinajstić information content (AvgIpc) is 2.46. The van der Waals surface area contributed by atoms with Gasteiger partial charge in [0.1, 0.15) is 0 Å². The van der Waals surface area contributed by atoms with Crippen molar-refractivity contribution < 1.29 is 0 Å². The van der Waals surface area contributed by atoms with E-state index in [1.807, 2.05) is 0 Å². The Bertz CT molecular complexity index is 495. The number of rotatable bonds is 2. The third-order valence-corrected chi connectivity index (χ3v) is 3.32. The summed E-state index contributed by atoms with van der Waals surface area (Å²) >= 11 is 0. The molecule has 15 heavy (non-hydrogen) atoms. The molecule has 0 atom stereocenters. The molecule has 2 aromatic rings. The van der Waals surface area contributed by atoms with Crippen molar-refractivity contribution in [2.24, 2.45) is 12.8 Å². The standard InChI is InChI=1S/C13H18N2/c1-9-10(2)15(3)13-11(7-8-14)5-4-6-12(9)13/h4-6H,7-8,14H2,1-3H3. The van der Waals surface area contributed by atoms with Crippen molar-refractivity contribution in [2.45, 2.75) is 20.3 Å². The predicted molar refractivity (Wildman–Crippen MR) is 65.2 cm³/mol. The predicted octanol–water partition coefficient (Wildman–Crippen LogP) is 2.30. The van der Waals surface area contributed by atoms with E-state index in [1.165, 1.54) is 27.7 Å². The maximum absolute atomic E-state index is 5.64. The van der Waals surface area contributed by atoms with E-state index in [1.54, 1.807) is 0 Å². The van der Waals surface area contributed by atoms with Crippen LogP contribution in [0.15, 0.2) is 18.2 Å². The summed E-state index contributed by atoms with van der Waals surface area (Å²) in [4.78, 5) is 0. The quantitative estimate of drug-likeness (QED) is 0.796. The van der Waals surface area contributed by atoms with Crippen LogP contribution in [0.25, 0.3) is 10.9 Å². The lowest BCUT2D eigenvalue weighted by molar-refractivity contribution is 0.892. The molecule has 0 unspecified atom stereocenters. The summed E-state index contributed by atoms with van der Waals surface area (Å²) in [5.41, 5.74) is 11.1. The Labute approximate surface area is 90.7 Å². The molecule has 0 radical (unpaired) electrons. The van der Waals surface area contributed by atoms with Gasteiger partial charge in [-0.25, -0.2) is 0 Å². The van der Waals surface area contributed by atoms with Gasteiger partial charge in [-0.3, -0.25) is 0 Å². The molecule has 0 amide bonds. The lowest BCUT2D eigenvalue weighted by atomic mass is 10.1. The number of benzene rings is 1. The van der Waals surface area contributed by atoms with E-state index >= 15 is 0 Å². The zero-order chi connectivity index (χ0) is 11.0. The number of para-hydroxylation sites is 1. The number of hydrogen-bond acceptors (Lipinski definition) is 1. The van der Waals surface area contributed by atoms with Crippen molar-refractivity contribution in [3.8, 4) is 0 Å². The molecule has 0 fully saturated rings. The van der Waals surface area contributed by atoms with E-state index in [2.05, 4.69) is 43.7 Å². The number of hydrogen-bond donors (Lipinski definition) is 1. The van der Waals surface area contributed by atoms with Crippen molar-refractivity contribution in [1.29, 1.82) is 0 Å². The number of aryl methyl sites for hydroxylation is 2. The van der Waals surface area contributed by atoms with E-state index in [0.29, 0.717) is 6.54 Å². The summed E-state index contributed by atoms with van der Waals surface area (Å²) in [6.45, 7) is 5.06. The summed E-state index contributed by atoms with van der Waals surface area (Å²) < 4.78 is 2.27. The van der Waals surface area contributed by atoms with Crippen LogP contribution in [-0.4, -0.2) is 11.1 Å². The maximum Gasteiger partial charge on any atom is 0.0515 e. The Morgan fingerprint density at radius 1 is 1.27 bits per heavy atom. The third kappa shape index (κ3) is 1.45. The van der Waals surface area contributed by atoms with Crippen LogP contribution in [0.5, 0.6) is 0 Å². The first-order valence-electron chi connectivity index (χ1n) is 5.40. The van der Waals surface area contributed by atoms with Crippen LogP contribution in [0.3, 0.4) is 0 Å². The van der Waals surface area contributed by atoms with Crippen LogP contribution in [0.4, 0.5) is 0 Å². The minimum atomic E-state index is 0.711. The zero-order valence-electron chi connectivity index (χ0n) is 9.67. The highest BCUT2D eigenvalue weighted by Gasteiger charge is 2.10. The van der Waals surface area contributed by atoms with Crippen molar-refractivity contribution in [3.05, 3.63) is 35.0 Å². The fourth-order valence-corrected chi connectivity index (χ4v) is 2.26. The average molecular weight is 202 g/mol. The summed E-state index contributed by atoms with van der Waals surface area (Å²) in [6.07, 6.45) is 0.952. The van der Waals surface area contributed by atoms with Crippen LogP contribution >= 0.6 is 0 Å². The molecule has 0 saturated carbocycles. The van der Waals surface area contributed by atoms with Gasteiger partial charge in [-0.1, -0.05) is 18.2 Å². The molecule has 2 heteroatoms. The molecular formula is C13H18N2. The highest BCUT2D eigenvalue weighted by molar-refractivity contribution is 5.88. The minimum absolute atomic E-state index is 0.711. The fraction of sp³-hybridized carbons (Fsp3) is 0.385. The topological polar surface area (TPSA) is 30.9 Å². The molecule has 1 heterocycles. The fourth-order valence-electron chi connectivity index (χ4n) is 2.26. The zero-order valence-corrected chi connectivity index (χ0v) is 9.67. The molecule has 0 saturated heterocycles. The third-order valence-electron chi connectivity index (χ3n) is 3.32. The van der Waals surface area contributed by atoms with Crippen LogP contribution < -0.4 is 5.73 Å². The van der Waals surface area contributed by atoms with Crippen molar-refractivity contribution in [2.75, 3.05) is 6.54 Å². The van der Waals surface area contributed by atoms with Crippen LogP contribution in [0, 0.1) is 13.8 Å². The van der Waals surface area contributed by atoms with E-state index < -0.39 is 0 Å². The molecule has 2 rings (SSSR count). The summed E-state index contributed by atoms with van der Waals surface area (Å²) in [6, 6.07) is 6.49. The summed E-state index contributed by atoms with van der Waals surface area (Å²) in [5, 5.41) is 1.36. The van der Waals surface area contributed by atoms with Gasteiger partial charge in [-0.15, -0.1) is 0 Å². The SMILES string of the molecule is Cc1c(C)n(C)c2c(CCN)cccc12. The van der Waals surface area contributed by atoms with Crippen LogP contribution in [-0.2, 0) is 13.5 Å². The first-order valence-corrected chi connectivity index (χ1v) is 5.40. The van der Waals surface area contributed by atoms with Crippen molar-refractivity contribution in [1.82, 2.24) is 4.57 Å². The van der Waals surface area contributed by atoms with E-state index in [-0.39, 0.29) is 0 Å². The minimum Gasteiger partial charge on any atom is -0.347 e. The second kappa shape index (κ2) is 3.70. The Balaban J connectivity index is 2.79. The van der Waals surface area contributed by atoms with Gasteiger partial charge in [0.25, 0.3) is 0 Å². The van der Waals surface area contributed by atoms with E-state index in [9.17, 15) is 0 Å². The van der Waals surface area contributed by atoms with Gasteiger partial charge >= 0.3 is 0 Å². The molecule has 0 spiro atoms. The number of aromatic nitrogens is 1. The molecule has 0 aliphatic carbocycles. The van der Waals surface area contributed by atoms with Gasteiger partial charge in [0.05, 0.1) is 5.52 Å². The molecule has 1 aromatic heterocycles. The molecule has 2 N–H and O–H groups in total. The van der Waals surface area contributed by atoms with E-state index in [4.69, 9.17) is 5.73 Å². The smallest absolute Gasteiger partial charge is 0.0515 e. The molecular weight excluding hydrogens is 184 g/mol. The summed E-state index contributed by atoms with van der Waals surface area (Å²) in [7, 11) is 2.13. The highest BCUT2D eigenvalue weighted by Crippen LogP contribution is 2.26. The largest absolute Gasteiger partial charge is 0.347 e. The molecule has 0 bridgehead atoms. The van der Waals surface area contributed by atoms with E-state index in [0.717, 1.165) is 6.42 Å². The second-order valence-electron chi connectivity index (χ2n) is 4.12. The molecule has 2 nitrogen and oxygen atoms in total. The molecule has 0 aliphatic rings. The molecule has 1 aromatic carbocycles. The maximum atomic E-state index is 5.64. The summed E-state index contributed by atoms with van der Waals surface area (Å²) in [5.74, 6) is 0. The van der Waals surface area contributed by atoms with Crippen molar-refractivity contribution in [3.63, 3.8) is 0 Å². The van der Waals surface area contributed by atoms with Gasteiger partial charge in [-0.2, -0.15) is 0 Å². The van der Waals surface area contributed by atoms with Gasteiger partial charge in [0, 0.05) is 18.1 Å². The first kappa shape index (κ1) is 10.2. The number of nitrogens with two attached hydrogens (primary N) is 1. The highest BCUT2D eigenvalue weighted by atomic mass is 14.9. The Morgan fingerprint density at radius 2 is 2.00 bits per heavy atom. The van der Waals surface area contributed by atoms with Gasteiger partial charge < -0.3 is 10.3 Å². The number of nitrogens with zero attached hydrogens (tertiary/aromatic N) is 1. The van der Waals surface area contributed by atoms with Gasteiger partial charge in [-0.05, 0) is 37.9 Å². The first-order chi connectivity index (χ1) is 7.16. The van der Waals surface area contributed by atoms with Gasteiger partial charge in [0.2, 0.25) is 0 Å². The monoisotopic (exact) mass is 202 g/mol. The Hall–Kier alpha value is -1.28. The van der Waals surface area contributed by atoms with Crippen LogP contribution in [0.2, 0.25) is 0 Å².